The molecule has 1 atom stereocenters. The average molecular weight is 192 g/mol. The SMILES string of the molecule is C#CCCC(C)(O)c1ccccc1F. The maximum atomic E-state index is 13.3. The van der Waals surface area contributed by atoms with Crippen LogP contribution in [0.25, 0.3) is 0 Å². The highest BCUT2D eigenvalue weighted by atomic mass is 19.1. The fraction of sp³-hybridized carbons (Fsp3) is 0.333. The van der Waals surface area contributed by atoms with Crippen LogP contribution in [0.1, 0.15) is 25.3 Å². The van der Waals surface area contributed by atoms with Gasteiger partial charge in [0.05, 0.1) is 5.60 Å². The van der Waals surface area contributed by atoms with Crippen LogP contribution in [0.15, 0.2) is 24.3 Å². The van der Waals surface area contributed by atoms with Crippen LogP contribution in [0.3, 0.4) is 0 Å². The summed E-state index contributed by atoms with van der Waals surface area (Å²) in [4.78, 5) is 0. The lowest BCUT2D eigenvalue weighted by Crippen LogP contribution is -2.22. The maximum Gasteiger partial charge on any atom is 0.129 e. The van der Waals surface area contributed by atoms with E-state index in [-0.39, 0.29) is 0 Å². The summed E-state index contributed by atoms with van der Waals surface area (Å²) in [7, 11) is 0. The Labute approximate surface area is 83.6 Å². The molecule has 1 unspecified atom stereocenters. The molecule has 1 nitrogen and oxygen atoms in total. The first-order chi connectivity index (χ1) is 6.58. The Bertz CT molecular complexity index is 350. The monoisotopic (exact) mass is 192 g/mol. The molecule has 74 valence electrons. The molecular weight excluding hydrogens is 179 g/mol. The Morgan fingerprint density at radius 1 is 1.50 bits per heavy atom. The van der Waals surface area contributed by atoms with E-state index in [1.807, 2.05) is 0 Å². The van der Waals surface area contributed by atoms with E-state index in [1.165, 1.54) is 6.07 Å². The molecule has 2 heteroatoms. The fourth-order valence-electron chi connectivity index (χ4n) is 1.35. The van der Waals surface area contributed by atoms with E-state index in [2.05, 4.69) is 5.92 Å². The Kier molecular flexibility index (Phi) is 3.27. The second-order valence-corrected chi connectivity index (χ2v) is 3.46. The summed E-state index contributed by atoms with van der Waals surface area (Å²) in [6, 6.07) is 6.20. The van der Waals surface area contributed by atoms with Gasteiger partial charge < -0.3 is 5.11 Å². The molecule has 0 heterocycles. The van der Waals surface area contributed by atoms with Crippen LogP contribution in [0.4, 0.5) is 4.39 Å². The van der Waals surface area contributed by atoms with E-state index in [0.717, 1.165) is 0 Å². The van der Waals surface area contributed by atoms with Gasteiger partial charge in [-0.15, -0.1) is 12.3 Å². The van der Waals surface area contributed by atoms with Crippen molar-refractivity contribution in [2.24, 2.45) is 0 Å². The molecule has 0 amide bonds. The Morgan fingerprint density at radius 2 is 2.14 bits per heavy atom. The second-order valence-electron chi connectivity index (χ2n) is 3.46. The van der Waals surface area contributed by atoms with Gasteiger partial charge in [-0.25, -0.2) is 4.39 Å². The van der Waals surface area contributed by atoms with Gasteiger partial charge in [0.15, 0.2) is 0 Å². The van der Waals surface area contributed by atoms with Gasteiger partial charge in [-0.2, -0.15) is 0 Å². The summed E-state index contributed by atoms with van der Waals surface area (Å²) in [6.45, 7) is 1.57. The third kappa shape index (κ3) is 2.34. The Morgan fingerprint density at radius 3 is 2.71 bits per heavy atom. The Hall–Kier alpha value is -1.33. The van der Waals surface area contributed by atoms with E-state index in [0.29, 0.717) is 18.4 Å². The zero-order valence-electron chi connectivity index (χ0n) is 8.13. The highest BCUT2D eigenvalue weighted by Gasteiger charge is 2.25. The predicted molar refractivity (Wildman–Crippen MR) is 54.0 cm³/mol. The molecule has 1 aromatic rings. The standard InChI is InChI=1S/C12H13FO/c1-3-4-9-12(2,14)10-7-5-6-8-11(10)13/h1,5-8,14H,4,9H2,2H3. The highest BCUT2D eigenvalue weighted by Crippen LogP contribution is 2.27. The molecule has 0 aliphatic carbocycles. The van der Waals surface area contributed by atoms with Gasteiger partial charge >= 0.3 is 0 Å². The number of halogens is 1. The van der Waals surface area contributed by atoms with Gasteiger partial charge in [0, 0.05) is 12.0 Å². The highest BCUT2D eigenvalue weighted by molar-refractivity contribution is 5.23. The minimum atomic E-state index is -1.18. The molecule has 0 saturated heterocycles. The van der Waals surface area contributed by atoms with Crippen molar-refractivity contribution in [2.45, 2.75) is 25.4 Å². The molecule has 1 rings (SSSR count). The molecule has 0 spiro atoms. The average Bonchev–Trinajstić information content (AvgIpc) is 2.15. The van der Waals surface area contributed by atoms with Gasteiger partial charge in [0.2, 0.25) is 0 Å². The number of terminal acetylenes is 1. The largest absolute Gasteiger partial charge is 0.385 e. The summed E-state index contributed by atoms with van der Waals surface area (Å²) < 4.78 is 13.3. The lowest BCUT2D eigenvalue weighted by molar-refractivity contribution is 0.0457. The van der Waals surface area contributed by atoms with Crippen molar-refractivity contribution in [2.75, 3.05) is 0 Å². The van der Waals surface area contributed by atoms with Crippen LogP contribution in [0.5, 0.6) is 0 Å². The lowest BCUT2D eigenvalue weighted by Gasteiger charge is -2.23. The number of rotatable bonds is 3. The van der Waals surface area contributed by atoms with E-state index >= 15 is 0 Å². The minimum Gasteiger partial charge on any atom is -0.385 e. The van der Waals surface area contributed by atoms with Gasteiger partial charge in [0.25, 0.3) is 0 Å². The summed E-state index contributed by atoms with van der Waals surface area (Å²) >= 11 is 0. The quantitative estimate of drug-likeness (QED) is 0.729. The zero-order valence-corrected chi connectivity index (χ0v) is 8.13. The molecule has 0 radical (unpaired) electrons. The van der Waals surface area contributed by atoms with Crippen molar-refractivity contribution in [1.82, 2.24) is 0 Å². The first-order valence-corrected chi connectivity index (χ1v) is 4.49. The van der Waals surface area contributed by atoms with Crippen LogP contribution in [-0.2, 0) is 5.60 Å². The van der Waals surface area contributed by atoms with Gasteiger partial charge in [-0.1, -0.05) is 18.2 Å². The van der Waals surface area contributed by atoms with Crippen LogP contribution in [0.2, 0.25) is 0 Å². The smallest absolute Gasteiger partial charge is 0.129 e. The van der Waals surface area contributed by atoms with Crippen molar-refractivity contribution < 1.29 is 9.50 Å². The molecule has 0 saturated carbocycles. The van der Waals surface area contributed by atoms with Crippen molar-refractivity contribution >= 4 is 0 Å². The van der Waals surface area contributed by atoms with Gasteiger partial charge in [-0.3, -0.25) is 0 Å². The summed E-state index contributed by atoms with van der Waals surface area (Å²) in [5.74, 6) is 2.04. The maximum absolute atomic E-state index is 13.3. The van der Waals surface area contributed by atoms with E-state index in [1.54, 1.807) is 25.1 Å². The summed E-state index contributed by atoms with van der Waals surface area (Å²) in [6.07, 6.45) is 5.89. The van der Waals surface area contributed by atoms with Crippen molar-refractivity contribution in [1.29, 1.82) is 0 Å². The summed E-state index contributed by atoms with van der Waals surface area (Å²) in [5.41, 5.74) is -0.882. The van der Waals surface area contributed by atoms with Crippen LogP contribution in [0, 0.1) is 18.2 Å². The molecule has 14 heavy (non-hydrogen) atoms. The van der Waals surface area contributed by atoms with Crippen molar-refractivity contribution in [3.8, 4) is 12.3 Å². The first-order valence-electron chi connectivity index (χ1n) is 4.49. The van der Waals surface area contributed by atoms with E-state index in [9.17, 15) is 9.50 Å². The molecule has 0 aromatic heterocycles. The number of hydrogen-bond acceptors (Lipinski definition) is 1. The van der Waals surface area contributed by atoms with Gasteiger partial charge in [-0.05, 0) is 19.4 Å². The molecule has 1 aromatic carbocycles. The zero-order chi connectivity index (χ0) is 10.6. The number of hydrogen-bond donors (Lipinski definition) is 1. The topological polar surface area (TPSA) is 20.2 Å². The van der Waals surface area contributed by atoms with Gasteiger partial charge in [0.1, 0.15) is 5.82 Å². The van der Waals surface area contributed by atoms with E-state index < -0.39 is 11.4 Å². The fourth-order valence-corrected chi connectivity index (χ4v) is 1.35. The van der Waals surface area contributed by atoms with Crippen LogP contribution >= 0.6 is 0 Å². The first kappa shape index (κ1) is 10.7. The molecule has 1 N–H and O–H groups in total. The minimum absolute atomic E-state index is 0.301. The van der Waals surface area contributed by atoms with Crippen molar-refractivity contribution in [3.05, 3.63) is 35.6 Å². The molecule has 0 fully saturated rings. The van der Waals surface area contributed by atoms with Crippen LogP contribution in [-0.4, -0.2) is 5.11 Å². The summed E-state index contributed by atoms with van der Waals surface area (Å²) in [5, 5.41) is 9.96. The number of aliphatic hydroxyl groups is 1. The van der Waals surface area contributed by atoms with E-state index in [4.69, 9.17) is 6.42 Å². The van der Waals surface area contributed by atoms with Crippen molar-refractivity contribution in [3.63, 3.8) is 0 Å². The third-order valence-electron chi connectivity index (χ3n) is 2.21. The van der Waals surface area contributed by atoms with Crippen LogP contribution < -0.4 is 0 Å². The lowest BCUT2D eigenvalue weighted by atomic mass is 9.91. The molecule has 0 bridgehead atoms. The molecule has 0 aliphatic rings. The number of benzene rings is 1. The molecular formula is C12H13FO. The normalized spacial score (nSPS) is 14.4. The predicted octanol–water partition coefficient (Wildman–Crippen LogP) is 2.45. The molecule has 0 aliphatic heterocycles. The second kappa shape index (κ2) is 4.26. The Balaban J connectivity index is 2.92. The third-order valence-corrected chi connectivity index (χ3v) is 2.21.